The van der Waals surface area contributed by atoms with Crippen LogP contribution in [0.2, 0.25) is 0 Å². The van der Waals surface area contributed by atoms with Crippen molar-refractivity contribution in [3.05, 3.63) is 66.3 Å². The number of rotatable bonds is 5. The van der Waals surface area contributed by atoms with Crippen molar-refractivity contribution in [3.8, 4) is 5.69 Å². The minimum atomic E-state index is -1.03. The standard InChI is InChI=1S/C19H18F2N6O/c1-26(19(7-13(20)8-19)16-15(21)3-2-5-23-16)18-24-9-14(10-25-18)27-6-4-12(11-27)17(22)28/h2-6,9-11,13H,7-8H2,1H3,(H2,22,28)/t13-,19-. The van der Waals surface area contributed by atoms with Gasteiger partial charge in [0, 0.05) is 38.5 Å². The number of carbonyl (C=O) groups is 1. The molecule has 2 N–H and O–H groups in total. The third-order valence-corrected chi connectivity index (χ3v) is 5.16. The van der Waals surface area contributed by atoms with E-state index < -0.39 is 23.4 Å². The van der Waals surface area contributed by atoms with E-state index in [9.17, 15) is 13.6 Å². The Hall–Kier alpha value is -3.36. The highest BCUT2D eigenvalue weighted by atomic mass is 19.1. The van der Waals surface area contributed by atoms with Crippen molar-refractivity contribution in [2.75, 3.05) is 11.9 Å². The number of anilines is 1. The van der Waals surface area contributed by atoms with Crippen molar-refractivity contribution in [2.24, 2.45) is 5.73 Å². The fourth-order valence-electron chi connectivity index (χ4n) is 3.54. The van der Waals surface area contributed by atoms with Gasteiger partial charge in [-0.25, -0.2) is 18.7 Å². The Balaban J connectivity index is 1.64. The number of nitrogens with zero attached hydrogens (tertiary/aromatic N) is 5. The zero-order valence-electron chi connectivity index (χ0n) is 15.1. The molecule has 0 aliphatic heterocycles. The van der Waals surface area contributed by atoms with Crippen LogP contribution in [0.15, 0.2) is 49.2 Å². The van der Waals surface area contributed by atoms with E-state index in [2.05, 4.69) is 15.0 Å². The van der Waals surface area contributed by atoms with Gasteiger partial charge in [0.15, 0.2) is 0 Å². The summed E-state index contributed by atoms with van der Waals surface area (Å²) < 4.78 is 29.8. The van der Waals surface area contributed by atoms with Crippen LogP contribution in [0.4, 0.5) is 14.7 Å². The molecule has 3 heterocycles. The van der Waals surface area contributed by atoms with Crippen LogP contribution in [-0.2, 0) is 5.54 Å². The summed E-state index contributed by atoms with van der Waals surface area (Å²) in [6.07, 6.45) is 7.07. The van der Waals surface area contributed by atoms with Gasteiger partial charge in [-0.05, 0) is 18.2 Å². The number of pyridine rings is 1. The number of hydrogen-bond donors (Lipinski definition) is 1. The maximum atomic E-state index is 14.4. The van der Waals surface area contributed by atoms with Gasteiger partial charge in [0.2, 0.25) is 11.9 Å². The number of halogens is 2. The minimum Gasteiger partial charge on any atom is -0.366 e. The highest BCUT2D eigenvalue weighted by molar-refractivity contribution is 5.92. The number of nitrogens with two attached hydrogens (primary N) is 1. The van der Waals surface area contributed by atoms with Crippen molar-refractivity contribution >= 4 is 11.9 Å². The fraction of sp³-hybridized carbons (Fsp3) is 0.263. The molecule has 7 nitrogen and oxygen atoms in total. The molecule has 3 aromatic heterocycles. The van der Waals surface area contributed by atoms with Gasteiger partial charge in [-0.2, -0.15) is 0 Å². The molecule has 3 aromatic rings. The lowest BCUT2D eigenvalue weighted by molar-refractivity contribution is 0.0860. The summed E-state index contributed by atoms with van der Waals surface area (Å²) in [4.78, 5) is 25.7. The molecule has 1 amide bonds. The average molecular weight is 384 g/mol. The molecular formula is C19H18F2N6O. The van der Waals surface area contributed by atoms with Crippen molar-refractivity contribution in [1.82, 2.24) is 19.5 Å². The first kappa shape index (κ1) is 18.0. The predicted molar refractivity (Wildman–Crippen MR) is 98.3 cm³/mol. The second kappa shape index (κ2) is 6.66. The van der Waals surface area contributed by atoms with Crippen LogP contribution in [0.5, 0.6) is 0 Å². The van der Waals surface area contributed by atoms with E-state index in [-0.39, 0.29) is 18.5 Å². The van der Waals surface area contributed by atoms with E-state index in [1.807, 2.05) is 0 Å². The Morgan fingerprint density at radius 3 is 2.57 bits per heavy atom. The van der Waals surface area contributed by atoms with E-state index in [1.165, 1.54) is 18.3 Å². The summed E-state index contributed by atoms with van der Waals surface area (Å²) in [6, 6.07) is 4.41. The molecule has 9 heteroatoms. The van der Waals surface area contributed by atoms with Gasteiger partial charge in [-0.3, -0.25) is 9.78 Å². The highest BCUT2D eigenvalue weighted by Crippen LogP contribution is 2.48. The molecular weight excluding hydrogens is 366 g/mol. The molecule has 1 fully saturated rings. The lowest BCUT2D eigenvalue weighted by atomic mass is 9.71. The molecule has 1 aliphatic rings. The van der Waals surface area contributed by atoms with E-state index in [0.717, 1.165) is 0 Å². The highest BCUT2D eigenvalue weighted by Gasteiger charge is 2.52. The molecule has 1 aliphatic carbocycles. The lowest BCUT2D eigenvalue weighted by Gasteiger charge is -2.49. The van der Waals surface area contributed by atoms with Crippen LogP contribution < -0.4 is 10.6 Å². The number of hydrogen-bond acceptors (Lipinski definition) is 5. The summed E-state index contributed by atoms with van der Waals surface area (Å²) >= 11 is 0. The SMILES string of the molecule is CN(c1ncc(-n2ccc(C(N)=O)c2)cn1)[C@]1(c2ncccc2F)C[C@@H](F)C1. The Morgan fingerprint density at radius 1 is 1.29 bits per heavy atom. The topological polar surface area (TPSA) is 89.9 Å². The quantitative estimate of drug-likeness (QED) is 0.729. The molecule has 1 saturated carbocycles. The van der Waals surface area contributed by atoms with E-state index in [1.54, 1.807) is 47.4 Å². The second-order valence-electron chi connectivity index (χ2n) is 6.84. The van der Waals surface area contributed by atoms with Gasteiger partial charge in [-0.1, -0.05) is 0 Å². The smallest absolute Gasteiger partial charge is 0.250 e. The van der Waals surface area contributed by atoms with E-state index in [4.69, 9.17) is 5.73 Å². The van der Waals surface area contributed by atoms with Crippen LogP contribution in [0.3, 0.4) is 0 Å². The monoisotopic (exact) mass is 384 g/mol. The molecule has 0 bridgehead atoms. The maximum absolute atomic E-state index is 14.4. The van der Waals surface area contributed by atoms with Gasteiger partial charge in [-0.15, -0.1) is 0 Å². The normalized spacial score (nSPS) is 21.2. The van der Waals surface area contributed by atoms with Crippen LogP contribution in [0.1, 0.15) is 28.9 Å². The Labute approximate surface area is 159 Å². The van der Waals surface area contributed by atoms with Gasteiger partial charge in [0.05, 0.1) is 29.2 Å². The molecule has 0 atom stereocenters. The second-order valence-corrected chi connectivity index (χ2v) is 6.84. The molecule has 4 rings (SSSR count). The number of amides is 1. The van der Waals surface area contributed by atoms with Crippen molar-refractivity contribution in [1.29, 1.82) is 0 Å². The van der Waals surface area contributed by atoms with Crippen molar-refractivity contribution in [3.63, 3.8) is 0 Å². The summed E-state index contributed by atoms with van der Waals surface area (Å²) in [6.45, 7) is 0. The Bertz CT molecular complexity index is 1010. The first-order valence-electron chi connectivity index (χ1n) is 8.70. The van der Waals surface area contributed by atoms with Crippen LogP contribution in [-0.4, -0.2) is 38.6 Å². The number of carbonyl (C=O) groups excluding carboxylic acids is 1. The first-order chi connectivity index (χ1) is 13.4. The van der Waals surface area contributed by atoms with Gasteiger partial charge < -0.3 is 15.2 Å². The first-order valence-corrected chi connectivity index (χ1v) is 8.70. The van der Waals surface area contributed by atoms with Crippen LogP contribution in [0.25, 0.3) is 5.69 Å². The molecule has 0 unspecified atom stereocenters. The summed E-state index contributed by atoms with van der Waals surface area (Å²) in [5.41, 5.74) is 5.51. The van der Waals surface area contributed by atoms with Crippen molar-refractivity contribution < 1.29 is 13.6 Å². The zero-order valence-corrected chi connectivity index (χ0v) is 15.1. The molecule has 144 valence electrons. The van der Waals surface area contributed by atoms with E-state index >= 15 is 0 Å². The third-order valence-electron chi connectivity index (χ3n) is 5.16. The van der Waals surface area contributed by atoms with Crippen LogP contribution in [0, 0.1) is 5.82 Å². The molecule has 0 spiro atoms. The van der Waals surface area contributed by atoms with E-state index in [0.29, 0.717) is 17.2 Å². The molecule has 0 saturated heterocycles. The van der Waals surface area contributed by atoms with Gasteiger partial charge in [0.1, 0.15) is 17.7 Å². The van der Waals surface area contributed by atoms with Crippen molar-refractivity contribution in [2.45, 2.75) is 24.6 Å². The van der Waals surface area contributed by atoms with Gasteiger partial charge >= 0.3 is 0 Å². The maximum Gasteiger partial charge on any atom is 0.250 e. The van der Waals surface area contributed by atoms with Gasteiger partial charge in [0.25, 0.3) is 0 Å². The summed E-state index contributed by atoms with van der Waals surface area (Å²) in [5.74, 6) is -0.687. The summed E-state index contributed by atoms with van der Waals surface area (Å²) in [5, 5.41) is 0. The number of primary amides is 1. The third kappa shape index (κ3) is 2.88. The van der Waals surface area contributed by atoms with Crippen LogP contribution >= 0.6 is 0 Å². The predicted octanol–water partition coefficient (Wildman–Crippen LogP) is 2.36. The fourth-order valence-corrected chi connectivity index (χ4v) is 3.54. The zero-order chi connectivity index (χ0) is 19.9. The molecule has 0 aromatic carbocycles. The average Bonchev–Trinajstić information content (AvgIpc) is 3.16. The molecule has 28 heavy (non-hydrogen) atoms. The Morgan fingerprint density at radius 2 is 2.00 bits per heavy atom. The lowest BCUT2D eigenvalue weighted by Crippen LogP contribution is -2.56. The Kier molecular flexibility index (Phi) is 4.29. The summed E-state index contributed by atoms with van der Waals surface area (Å²) in [7, 11) is 1.70. The molecule has 0 radical (unpaired) electrons. The largest absolute Gasteiger partial charge is 0.366 e. The number of aromatic nitrogens is 4. The minimum absolute atomic E-state index is 0.113. The number of alkyl halides is 1.